The van der Waals surface area contributed by atoms with Crippen LogP contribution in [-0.2, 0) is 16.1 Å². The van der Waals surface area contributed by atoms with Gasteiger partial charge in [0.1, 0.15) is 23.8 Å². The van der Waals surface area contributed by atoms with Gasteiger partial charge < -0.3 is 24.8 Å². The van der Waals surface area contributed by atoms with E-state index in [2.05, 4.69) is 20.7 Å². The second kappa shape index (κ2) is 8.90. The van der Waals surface area contributed by atoms with Crippen molar-refractivity contribution in [3.63, 3.8) is 0 Å². The summed E-state index contributed by atoms with van der Waals surface area (Å²) in [5.74, 6) is 1.28. The molecule has 1 saturated carbocycles. The summed E-state index contributed by atoms with van der Waals surface area (Å²) < 4.78 is 8.91. The van der Waals surface area contributed by atoms with Gasteiger partial charge in [-0.2, -0.15) is 9.61 Å². The van der Waals surface area contributed by atoms with Crippen LogP contribution >= 0.6 is 0 Å². The Kier molecular flexibility index (Phi) is 5.56. The SMILES string of the molecule is CNc1cc(-c2cnc3n(CC(=O)N4CCC4)cccc2-3)nc2c(C(=O)N[C@H]3CC[C@@H]3OC)cnn12. The van der Waals surface area contributed by atoms with E-state index in [-0.39, 0.29) is 30.5 Å². The first-order chi connectivity index (χ1) is 17.6. The van der Waals surface area contributed by atoms with Crippen molar-refractivity contribution >= 4 is 23.3 Å². The lowest BCUT2D eigenvalue weighted by atomic mass is 9.89. The lowest BCUT2D eigenvalue weighted by molar-refractivity contribution is -0.135. The maximum atomic E-state index is 13.1. The maximum absolute atomic E-state index is 13.1. The number of ether oxygens (including phenoxy) is 1. The largest absolute Gasteiger partial charge is 0.379 e. The third-order valence-electron chi connectivity index (χ3n) is 7.24. The summed E-state index contributed by atoms with van der Waals surface area (Å²) in [6.45, 7) is 1.89. The first-order valence-corrected chi connectivity index (χ1v) is 12.2. The molecular weight excluding hydrogens is 460 g/mol. The number of carbonyl (C=O) groups is 2. The molecule has 11 heteroatoms. The molecule has 1 saturated heterocycles. The van der Waals surface area contributed by atoms with E-state index in [0.29, 0.717) is 22.7 Å². The van der Waals surface area contributed by atoms with Crippen LogP contribution in [-0.4, -0.2) is 80.3 Å². The zero-order chi connectivity index (χ0) is 24.8. The Morgan fingerprint density at radius 1 is 1.19 bits per heavy atom. The monoisotopic (exact) mass is 488 g/mol. The predicted octanol–water partition coefficient (Wildman–Crippen LogP) is 1.88. The van der Waals surface area contributed by atoms with Crippen LogP contribution < -0.4 is 10.6 Å². The second-order valence-electron chi connectivity index (χ2n) is 9.28. The smallest absolute Gasteiger partial charge is 0.257 e. The van der Waals surface area contributed by atoms with Gasteiger partial charge in [-0.25, -0.2) is 9.97 Å². The molecule has 186 valence electrons. The van der Waals surface area contributed by atoms with Gasteiger partial charge in [-0.15, -0.1) is 0 Å². The highest BCUT2D eigenvalue weighted by Gasteiger charge is 2.33. The third kappa shape index (κ3) is 3.67. The van der Waals surface area contributed by atoms with E-state index in [9.17, 15) is 9.59 Å². The molecule has 0 aromatic carbocycles. The number of methoxy groups -OCH3 is 1. The van der Waals surface area contributed by atoms with Gasteiger partial charge in [0.05, 0.1) is 24.0 Å². The van der Waals surface area contributed by atoms with Crippen LogP contribution in [0.1, 0.15) is 29.6 Å². The lowest BCUT2D eigenvalue weighted by Gasteiger charge is -2.35. The van der Waals surface area contributed by atoms with Crippen LogP contribution in [0.4, 0.5) is 5.82 Å². The number of fused-ring (bicyclic) bond motifs is 2. The molecule has 2 aromatic heterocycles. The van der Waals surface area contributed by atoms with Crippen molar-refractivity contribution in [3.8, 4) is 22.6 Å². The quantitative estimate of drug-likeness (QED) is 0.408. The van der Waals surface area contributed by atoms with Crippen molar-refractivity contribution < 1.29 is 14.3 Å². The summed E-state index contributed by atoms with van der Waals surface area (Å²) in [4.78, 5) is 37.0. The first-order valence-electron chi connectivity index (χ1n) is 12.2. The second-order valence-corrected chi connectivity index (χ2v) is 9.28. The molecule has 2 N–H and O–H groups in total. The number of rotatable bonds is 7. The third-order valence-corrected chi connectivity index (χ3v) is 7.24. The number of anilines is 1. The van der Waals surface area contributed by atoms with Crippen LogP contribution in [0.3, 0.4) is 0 Å². The summed E-state index contributed by atoms with van der Waals surface area (Å²) >= 11 is 0. The van der Waals surface area contributed by atoms with Crippen LogP contribution in [0.15, 0.2) is 36.8 Å². The Hall–Kier alpha value is -3.99. The molecule has 0 spiro atoms. The minimum Gasteiger partial charge on any atom is -0.379 e. The highest BCUT2D eigenvalue weighted by molar-refractivity contribution is 6.00. The van der Waals surface area contributed by atoms with E-state index in [4.69, 9.17) is 9.72 Å². The van der Waals surface area contributed by atoms with E-state index in [0.717, 1.165) is 49.3 Å². The molecule has 11 nitrogen and oxygen atoms in total. The average Bonchev–Trinajstić information content (AvgIpc) is 3.45. The number of likely N-dealkylation sites (tertiary alicyclic amines) is 1. The number of aromatic nitrogens is 5. The molecule has 2 atom stereocenters. The molecule has 4 aliphatic rings. The van der Waals surface area contributed by atoms with Gasteiger partial charge in [0.15, 0.2) is 5.65 Å². The maximum Gasteiger partial charge on any atom is 0.257 e. The highest BCUT2D eigenvalue weighted by atomic mass is 16.5. The van der Waals surface area contributed by atoms with Gasteiger partial charge in [-0.1, -0.05) is 0 Å². The molecule has 0 unspecified atom stereocenters. The van der Waals surface area contributed by atoms with Crippen LogP contribution in [0.5, 0.6) is 0 Å². The van der Waals surface area contributed by atoms with Crippen LogP contribution in [0.2, 0.25) is 0 Å². The summed E-state index contributed by atoms with van der Waals surface area (Å²) in [7, 11) is 3.46. The molecule has 0 radical (unpaired) electrons. The average molecular weight is 489 g/mol. The molecule has 5 heterocycles. The zero-order valence-corrected chi connectivity index (χ0v) is 20.3. The summed E-state index contributed by atoms with van der Waals surface area (Å²) in [5.41, 5.74) is 3.22. The molecule has 2 aromatic rings. The minimum atomic E-state index is -0.226. The van der Waals surface area contributed by atoms with Crippen molar-refractivity contribution in [2.24, 2.45) is 0 Å². The van der Waals surface area contributed by atoms with E-state index >= 15 is 0 Å². The zero-order valence-electron chi connectivity index (χ0n) is 20.3. The van der Waals surface area contributed by atoms with E-state index < -0.39 is 0 Å². The molecule has 0 bridgehead atoms. The van der Waals surface area contributed by atoms with Gasteiger partial charge in [0.2, 0.25) is 5.91 Å². The fourth-order valence-corrected chi connectivity index (χ4v) is 4.84. The van der Waals surface area contributed by atoms with Gasteiger partial charge in [0.25, 0.3) is 5.91 Å². The Morgan fingerprint density at radius 2 is 2.06 bits per heavy atom. The van der Waals surface area contributed by atoms with Crippen molar-refractivity contribution in [3.05, 3.63) is 42.4 Å². The van der Waals surface area contributed by atoms with E-state index in [1.165, 1.54) is 0 Å². The molecule has 2 amide bonds. The number of hydrogen-bond donors (Lipinski definition) is 2. The van der Waals surface area contributed by atoms with E-state index in [1.54, 1.807) is 31.1 Å². The molecule has 1 aliphatic carbocycles. The summed E-state index contributed by atoms with van der Waals surface area (Å²) in [6, 6.07) is 5.76. The summed E-state index contributed by atoms with van der Waals surface area (Å²) in [5, 5.41) is 10.6. The first kappa shape index (κ1) is 22.5. The van der Waals surface area contributed by atoms with Crippen molar-refractivity contribution in [1.29, 1.82) is 0 Å². The molecule has 3 aliphatic heterocycles. The number of nitrogens with zero attached hydrogens (tertiary/aromatic N) is 6. The summed E-state index contributed by atoms with van der Waals surface area (Å²) in [6.07, 6.45) is 8.09. The van der Waals surface area contributed by atoms with Crippen molar-refractivity contribution in [2.75, 3.05) is 32.6 Å². The number of carbonyl (C=O) groups excluding carboxylic acids is 2. The molecule has 36 heavy (non-hydrogen) atoms. The minimum absolute atomic E-state index is 0.0120. The molecule has 2 fully saturated rings. The van der Waals surface area contributed by atoms with Gasteiger partial charge >= 0.3 is 0 Å². The van der Waals surface area contributed by atoms with Gasteiger partial charge in [-0.05, 0) is 31.4 Å². The van der Waals surface area contributed by atoms with Crippen molar-refractivity contribution in [1.82, 2.24) is 34.4 Å². The molecular formula is C25H28N8O3. The molecule has 6 rings (SSSR count). The fourth-order valence-electron chi connectivity index (χ4n) is 4.84. The van der Waals surface area contributed by atoms with Gasteiger partial charge in [-0.3, -0.25) is 9.59 Å². The number of hydrogen-bond acceptors (Lipinski definition) is 7. The topological polar surface area (TPSA) is 119 Å². The van der Waals surface area contributed by atoms with Gasteiger partial charge in [0, 0.05) is 56.8 Å². The lowest BCUT2D eigenvalue weighted by Crippen LogP contribution is -2.51. The standard InChI is InChI=1S/C25H28N8O3/c1-26-21-11-19(29-24-17(13-28-33(21)24)25(35)30-18-6-7-20(18)36-2)16-12-27-23-15(16)5-3-8-32(23)14-22(34)31-9-4-10-31/h3,5,8,11-13,18,20,26H,4,6-7,9-10,14H2,1-2H3,(H,30,35)/t18-,20-/m0/s1. The Labute approximate surface area is 207 Å². The number of pyridine rings is 1. The Balaban J connectivity index is 1.34. The normalized spacial score (nSPS) is 19.2. The Bertz CT molecular complexity index is 1420. The fraction of sp³-hybridized carbons (Fsp3) is 0.400. The number of nitrogens with one attached hydrogen (secondary N) is 2. The Morgan fingerprint density at radius 3 is 2.75 bits per heavy atom. The van der Waals surface area contributed by atoms with Crippen LogP contribution in [0, 0.1) is 0 Å². The highest BCUT2D eigenvalue weighted by Crippen LogP contribution is 2.34. The predicted molar refractivity (Wildman–Crippen MR) is 133 cm³/mol. The van der Waals surface area contributed by atoms with E-state index in [1.807, 2.05) is 33.9 Å². The number of amides is 2. The van der Waals surface area contributed by atoms with Crippen LogP contribution in [0.25, 0.3) is 28.3 Å². The van der Waals surface area contributed by atoms with Crippen molar-refractivity contribution in [2.45, 2.75) is 38.0 Å².